The molecule has 0 amide bonds. The maximum Gasteiger partial charge on any atom is 0.322 e. The van der Waals surface area contributed by atoms with Crippen molar-refractivity contribution in [3.8, 4) is 0 Å². The summed E-state index contributed by atoms with van der Waals surface area (Å²) in [6, 6.07) is -0.850. The number of carboxylic acid groups (broad SMARTS) is 1. The highest BCUT2D eigenvalue weighted by Gasteiger charge is 2.38. The van der Waals surface area contributed by atoms with Gasteiger partial charge in [0.05, 0.1) is 5.75 Å². The van der Waals surface area contributed by atoms with E-state index < -0.39 is 22.0 Å². The third kappa shape index (κ3) is 3.18. The molecule has 1 saturated heterocycles. The molecule has 1 fully saturated rings. The number of sulfonamides is 1. The zero-order valence-electron chi connectivity index (χ0n) is 9.72. The summed E-state index contributed by atoms with van der Waals surface area (Å²) in [5.41, 5.74) is 0. The lowest BCUT2D eigenvalue weighted by Crippen LogP contribution is -2.41. The van der Waals surface area contributed by atoms with Crippen LogP contribution in [-0.4, -0.2) is 42.1 Å². The SMILES string of the molecule is CC(C)CCS(=O)(=O)N1CCC[C@@H]1C(=O)O. The number of carboxylic acids is 1. The molecule has 1 atom stereocenters. The third-order valence-corrected chi connectivity index (χ3v) is 4.70. The molecule has 0 unspecified atom stereocenters. The van der Waals surface area contributed by atoms with Gasteiger partial charge in [0.15, 0.2) is 0 Å². The van der Waals surface area contributed by atoms with E-state index in [0.717, 1.165) is 4.31 Å². The van der Waals surface area contributed by atoms with Crippen LogP contribution >= 0.6 is 0 Å². The Morgan fingerprint density at radius 3 is 2.62 bits per heavy atom. The molecule has 94 valence electrons. The minimum atomic E-state index is -3.40. The Morgan fingerprint density at radius 2 is 2.12 bits per heavy atom. The summed E-state index contributed by atoms with van der Waals surface area (Å²) in [6.45, 7) is 4.25. The number of rotatable bonds is 5. The first-order chi connectivity index (χ1) is 7.34. The summed E-state index contributed by atoms with van der Waals surface area (Å²) in [5, 5.41) is 8.92. The van der Waals surface area contributed by atoms with E-state index in [2.05, 4.69) is 0 Å². The number of hydrogen-bond donors (Lipinski definition) is 1. The lowest BCUT2D eigenvalue weighted by Gasteiger charge is -2.21. The van der Waals surface area contributed by atoms with Crippen LogP contribution in [0.2, 0.25) is 0 Å². The van der Waals surface area contributed by atoms with Gasteiger partial charge in [0.2, 0.25) is 10.0 Å². The number of carbonyl (C=O) groups is 1. The first-order valence-electron chi connectivity index (χ1n) is 5.57. The zero-order valence-corrected chi connectivity index (χ0v) is 10.5. The Labute approximate surface area is 96.5 Å². The van der Waals surface area contributed by atoms with Gasteiger partial charge in [0.1, 0.15) is 6.04 Å². The van der Waals surface area contributed by atoms with E-state index in [9.17, 15) is 13.2 Å². The highest BCUT2D eigenvalue weighted by molar-refractivity contribution is 7.89. The average Bonchev–Trinajstić information content (AvgIpc) is 2.63. The maximum absolute atomic E-state index is 11.9. The number of aliphatic carboxylic acids is 1. The van der Waals surface area contributed by atoms with Gasteiger partial charge in [-0.3, -0.25) is 4.79 Å². The quantitative estimate of drug-likeness (QED) is 0.786. The first-order valence-corrected chi connectivity index (χ1v) is 7.18. The average molecular weight is 249 g/mol. The van der Waals surface area contributed by atoms with Crippen molar-refractivity contribution in [2.24, 2.45) is 5.92 Å². The van der Waals surface area contributed by atoms with Gasteiger partial charge in [-0.25, -0.2) is 8.42 Å². The summed E-state index contributed by atoms with van der Waals surface area (Å²) in [5.74, 6) is -0.680. The third-order valence-electron chi connectivity index (χ3n) is 2.80. The standard InChI is InChI=1S/C10H19NO4S/c1-8(2)5-7-16(14,15)11-6-3-4-9(11)10(12)13/h8-9H,3-7H2,1-2H3,(H,12,13)/t9-/m1/s1. The van der Waals surface area contributed by atoms with Gasteiger partial charge < -0.3 is 5.11 Å². The largest absolute Gasteiger partial charge is 0.480 e. The van der Waals surface area contributed by atoms with Gasteiger partial charge >= 0.3 is 5.97 Å². The van der Waals surface area contributed by atoms with E-state index >= 15 is 0 Å². The van der Waals surface area contributed by atoms with E-state index in [1.807, 2.05) is 13.8 Å². The Morgan fingerprint density at radius 1 is 1.50 bits per heavy atom. The summed E-state index contributed by atoms with van der Waals surface area (Å²) < 4.78 is 25.0. The van der Waals surface area contributed by atoms with Crippen molar-refractivity contribution in [2.75, 3.05) is 12.3 Å². The number of hydrogen-bond acceptors (Lipinski definition) is 3. The van der Waals surface area contributed by atoms with Crippen LogP contribution in [0.1, 0.15) is 33.1 Å². The van der Waals surface area contributed by atoms with Gasteiger partial charge in [-0.05, 0) is 25.2 Å². The van der Waals surface area contributed by atoms with Crippen LogP contribution in [0.25, 0.3) is 0 Å². The van der Waals surface area contributed by atoms with Crippen molar-refractivity contribution in [1.82, 2.24) is 4.31 Å². The zero-order chi connectivity index (χ0) is 12.3. The van der Waals surface area contributed by atoms with Crippen LogP contribution in [0.3, 0.4) is 0 Å². The van der Waals surface area contributed by atoms with Crippen LogP contribution in [-0.2, 0) is 14.8 Å². The molecular formula is C10H19NO4S. The summed E-state index contributed by atoms with van der Waals surface area (Å²) >= 11 is 0. The molecule has 0 aromatic rings. The van der Waals surface area contributed by atoms with Gasteiger partial charge in [-0.1, -0.05) is 13.8 Å². The Balaban J connectivity index is 2.71. The molecule has 1 rings (SSSR count). The molecule has 16 heavy (non-hydrogen) atoms. The fourth-order valence-corrected chi connectivity index (χ4v) is 3.82. The second-order valence-corrected chi connectivity index (χ2v) is 6.65. The lowest BCUT2D eigenvalue weighted by atomic mass is 10.2. The molecule has 0 aromatic heterocycles. The monoisotopic (exact) mass is 249 g/mol. The Bertz CT molecular complexity index is 350. The van der Waals surface area contributed by atoms with Crippen molar-refractivity contribution >= 4 is 16.0 Å². The molecule has 5 nitrogen and oxygen atoms in total. The van der Waals surface area contributed by atoms with E-state index in [1.165, 1.54) is 0 Å². The van der Waals surface area contributed by atoms with E-state index in [1.54, 1.807) is 0 Å². The van der Waals surface area contributed by atoms with Crippen LogP contribution in [0.4, 0.5) is 0 Å². The molecule has 0 saturated carbocycles. The molecule has 0 radical (unpaired) electrons. The predicted octanol–water partition coefficient (Wildman–Crippen LogP) is 0.911. The summed E-state index contributed by atoms with van der Waals surface area (Å²) in [4.78, 5) is 10.9. The van der Waals surface area contributed by atoms with E-state index in [0.29, 0.717) is 31.7 Å². The van der Waals surface area contributed by atoms with Crippen molar-refractivity contribution in [2.45, 2.75) is 39.2 Å². The minimum absolute atomic E-state index is 0.0500. The van der Waals surface area contributed by atoms with Crippen LogP contribution in [0.5, 0.6) is 0 Å². The Kier molecular flexibility index (Phi) is 4.32. The second-order valence-electron chi connectivity index (χ2n) is 4.61. The summed E-state index contributed by atoms with van der Waals surface area (Å²) in [7, 11) is -3.40. The second kappa shape index (κ2) is 5.14. The highest BCUT2D eigenvalue weighted by Crippen LogP contribution is 2.22. The van der Waals surface area contributed by atoms with Crippen molar-refractivity contribution in [1.29, 1.82) is 0 Å². The van der Waals surface area contributed by atoms with E-state index in [-0.39, 0.29) is 5.75 Å². The molecule has 6 heteroatoms. The van der Waals surface area contributed by atoms with Gasteiger partial charge in [0.25, 0.3) is 0 Å². The van der Waals surface area contributed by atoms with E-state index in [4.69, 9.17) is 5.11 Å². The molecule has 0 aliphatic carbocycles. The molecule has 1 heterocycles. The molecular weight excluding hydrogens is 230 g/mol. The fourth-order valence-electron chi connectivity index (χ4n) is 1.82. The molecule has 1 aliphatic rings. The lowest BCUT2D eigenvalue weighted by molar-refractivity contribution is -0.140. The molecule has 0 bridgehead atoms. The topological polar surface area (TPSA) is 74.7 Å². The smallest absolute Gasteiger partial charge is 0.322 e. The summed E-state index contributed by atoms with van der Waals surface area (Å²) in [6.07, 6.45) is 1.64. The van der Waals surface area contributed by atoms with Crippen molar-refractivity contribution in [3.63, 3.8) is 0 Å². The van der Waals surface area contributed by atoms with Gasteiger partial charge in [0, 0.05) is 6.54 Å². The van der Waals surface area contributed by atoms with Gasteiger partial charge in [-0.15, -0.1) is 0 Å². The maximum atomic E-state index is 11.9. The molecule has 0 aromatic carbocycles. The minimum Gasteiger partial charge on any atom is -0.480 e. The molecule has 1 N–H and O–H groups in total. The van der Waals surface area contributed by atoms with Crippen molar-refractivity contribution < 1.29 is 18.3 Å². The fraction of sp³-hybridized carbons (Fsp3) is 0.900. The van der Waals surface area contributed by atoms with Gasteiger partial charge in [-0.2, -0.15) is 4.31 Å². The Hall–Kier alpha value is -0.620. The van der Waals surface area contributed by atoms with Crippen LogP contribution < -0.4 is 0 Å². The molecule has 1 aliphatic heterocycles. The first kappa shape index (κ1) is 13.4. The highest BCUT2D eigenvalue weighted by atomic mass is 32.2. The van der Waals surface area contributed by atoms with Crippen LogP contribution in [0, 0.1) is 5.92 Å². The normalized spacial score (nSPS) is 22.8. The van der Waals surface area contributed by atoms with Crippen LogP contribution in [0.15, 0.2) is 0 Å². The number of nitrogens with zero attached hydrogens (tertiary/aromatic N) is 1. The van der Waals surface area contributed by atoms with Crippen molar-refractivity contribution in [3.05, 3.63) is 0 Å². The molecule has 0 spiro atoms. The predicted molar refractivity (Wildman–Crippen MR) is 60.6 cm³/mol.